The molecule has 19 heavy (non-hydrogen) atoms. The van der Waals surface area contributed by atoms with Crippen LogP contribution in [0.4, 0.5) is 0 Å². The molecule has 0 atom stereocenters. The predicted octanol–water partition coefficient (Wildman–Crippen LogP) is -0.157. The quantitative estimate of drug-likeness (QED) is 0.718. The van der Waals surface area contributed by atoms with Gasteiger partial charge in [0, 0.05) is 0 Å². The van der Waals surface area contributed by atoms with Gasteiger partial charge in [0.25, 0.3) is 5.56 Å². The van der Waals surface area contributed by atoms with E-state index in [1.54, 1.807) is 0 Å². The topological polar surface area (TPSA) is 129 Å². The zero-order chi connectivity index (χ0) is 14.3. The number of aromatic nitrogens is 2. The van der Waals surface area contributed by atoms with Crippen LogP contribution in [0.2, 0.25) is 0 Å². The number of aliphatic carboxylic acids is 1. The van der Waals surface area contributed by atoms with Crippen molar-refractivity contribution in [2.24, 2.45) is 0 Å². The highest BCUT2D eigenvalue weighted by molar-refractivity contribution is 7.20. The van der Waals surface area contributed by atoms with Crippen LogP contribution in [0.5, 0.6) is 0 Å². The Labute approximate surface area is 108 Å². The zero-order valence-electron chi connectivity index (χ0n) is 9.59. The van der Waals surface area contributed by atoms with E-state index < -0.39 is 29.7 Å². The lowest BCUT2D eigenvalue weighted by Crippen LogP contribution is -2.37. The molecule has 0 unspecified atom stereocenters. The van der Waals surface area contributed by atoms with Gasteiger partial charge < -0.3 is 10.2 Å². The minimum Gasteiger partial charge on any atom is -0.480 e. The van der Waals surface area contributed by atoms with Gasteiger partial charge in [0.05, 0.1) is 5.39 Å². The van der Waals surface area contributed by atoms with E-state index >= 15 is 0 Å². The van der Waals surface area contributed by atoms with E-state index in [1.807, 2.05) is 0 Å². The van der Waals surface area contributed by atoms with Gasteiger partial charge in [-0.05, 0) is 12.5 Å². The first-order valence-corrected chi connectivity index (χ1v) is 5.86. The molecule has 2 aromatic rings. The lowest BCUT2D eigenvalue weighted by molar-refractivity contribution is -0.137. The standard InChI is InChI=1S/C10H8N2O6S/c1-3-5-7(19-6(3)9(16)17)11-10(18)12(8(5)15)2-4(13)14/h2H2,1H3,(H,11,18)(H,13,14)(H,16,17). The molecule has 0 amide bonds. The number of aromatic carboxylic acids is 1. The first-order valence-electron chi connectivity index (χ1n) is 5.04. The number of fused-ring (bicyclic) bond motifs is 1. The molecule has 2 heterocycles. The zero-order valence-corrected chi connectivity index (χ0v) is 10.4. The molecule has 0 radical (unpaired) electrons. The average Bonchev–Trinajstić information content (AvgIpc) is 2.61. The van der Waals surface area contributed by atoms with Gasteiger partial charge in [0.15, 0.2) is 0 Å². The molecule has 0 bridgehead atoms. The van der Waals surface area contributed by atoms with Crippen LogP contribution in [0.1, 0.15) is 15.2 Å². The number of aromatic amines is 1. The maximum atomic E-state index is 12.0. The second kappa shape index (κ2) is 4.35. The van der Waals surface area contributed by atoms with Crippen LogP contribution in [0.15, 0.2) is 9.59 Å². The van der Waals surface area contributed by atoms with Gasteiger partial charge in [-0.1, -0.05) is 0 Å². The third-order valence-electron chi connectivity index (χ3n) is 2.56. The fourth-order valence-electron chi connectivity index (χ4n) is 1.73. The minimum atomic E-state index is -1.33. The fraction of sp³-hybridized carbons (Fsp3) is 0.200. The molecule has 0 aliphatic carbocycles. The smallest absolute Gasteiger partial charge is 0.346 e. The second-order valence-corrected chi connectivity index (χ2v) is 4.80. The van der Waals surface area contributed by atoms with Crippen molar-refractivity contribution in [1.29, 1.82) is 0 Å². The first-order chi connectivity index (χ1) is 8.82. The Bertz CT molecular complexity index is 812. The van der Waals surface area contributed by atoms with Crippen molar-refractivity contribution in [2.75, 3.05) is 0 Å². The highest BCUT2D eigenvalue weighted by Gasteiger charge is 2.20. The molecule has 2 rings (SSSR count). The Morgan fingerprint density at radius 3 is 2.47 bits per heavy atom. The first kappa shape index (κ1) is 13.0. The van der Waals surface area contributed by atoms with E-state index in [1.165, 1.54) is 6.92 Å². The highest BCUT2D eigenvalue weighted by atomic mass is 32.1. The lowest BCUT2D eigenvalue weighted by Gasteiger charge is -2.00. The normalized spacial score (nSPS) is 10.8. The van der Waals surface area contributed by atoms with Gasteiger partial charge >= 0.3 is 17.6 Å². The van der Waals surface area contributed by atoms with Crippen molar-refractivity contribution in [2.45, 2.75) is 13.5 Å². The van der Waals surface area contributed by atoms with Crippen molar-refractivity contribution in [1.82, 2.24) is 9.55 Å². The van der Waals surface area contributed by atoms with Crippen molar-refractivity contribution in [3.8, 4) is 0 Å². The molecule has 100 valence electrons. The molecular formula is C10H8N2O6S. The summed E-state index contributed by atoms with van der Waals surface area (Å²) in [5.74, 6) is -2.54. The average molecular weight is 284 g/mol. The molecule has 0 saturated carbocycles. The number of nitrogens with one attached hydrogen (secondary N) is 1. The van der Waals surface area contributed by atoms with E-state index in [0.29, 0.717) is 4.57 Å². The molecule has 0 aromatic carbocycles. The van der Waals surface area contributed by atoms with Crippen LogP contribution in [-0.2, 0) is 11.3 Å². The Kier molecular flexibility index (Phi) is 2.98. The summed E-state index contributed by atoms with van der Waals surface area (Å²) in [5, 5.41) is 17.6. The Morgan fingerprint density at radius 1 is 1.32 bits per heavy atom. The molecule has 0 saturated heterocycles. The number of H-pyrrole nitrogens is 1. The summed E-state index contributed by atoms with van der Waals surface area (Å²) >= 11 is 0.772. The Morgan fingerprint density at radius 2 is 1.95 bits per heavy atom. The van der Waals surface area contributed by atoms with Gasteiger partial charge in [-0.15, -0.1) is 11.3 Å². The van der Waals surface area contributed by atoms with Gasteiger partial charge in [-0.2, -0.15) is 0 Å². The van der Waals surface area contributed by atoms with E-state index in [2.05, 4.69) is 4.98 Å². The van der Waals surface area contributed by atoms with E-state index in [0.717, 1.165) is 11.3 Å². The molecule has 0 aliphatic rings. The van der Waals surface area contributed by atoms with Gasteiger partial charge in [0.1, 0.15) is 16.3 Å². The summed E-state index contributed by atoms with van der Waals surface area (Å²) in [6.45, 7) is 0.662. The number of aryl methyl sites for hydroxylation is 1. The maximum absolute atomic E-state index is 12.0. The largest absolute Gasteiger partial charge is 0.480 e. The SMILES string of the molecule is Cc1c(C(=O)O)sc2[nH]c(=O)n(CC(=O)O)c(=O)c12. The number of carboxylic acids is 2. The third-order valence-corrected chi connectivity index (χ3v) is 3.75. The summed E-state index contributed by atoms with van der Waals surface area (Å²) in [4.78, 5) is 47.6. The number of hydrogen-bond donors (Lipinski definition) is 3. The molecule has 2 aromatic heterocycles. The Balaban J connectivity index is 2.87. The predicted molar refractivity (Wildman–Crippen MR) is 66.0 cm³/mol. The minimum absolute atomic E-state index is 0.0308. The maximum Gasteiger partial charge on any atom is 0.346 e. The molecule has 8 nitrogen and oxygen atoms in total. The molecule has 0 aliphatic heterocycles. The molecule has 0 fully saturated rings. The summed E-state index contributed by atoms with van der Waals surface area (Å²) < 4.78 is 0.524. The van der Waals surface area contributed by atoms with Gasteiger partial charge in [-0.3, -0.25) is 14.6 Å². The molecule has 0 spiro atoms. The van der Waals surface area contributed by atoms with Crippen LogP contribution in [0, 0.1) is 6.92 Å². The summed E-state index contributed by atoms with van der Waals surface area (Å²) in [7, 11) is 0. The number of hydrogen-bond acceptors (Lipinski definition) is 5. The van der Waals surface area contributed by atoms with Crippen LogP contribution < -0.4 is 11.2 Å². The Hall–Kier alpha value is -2.42. The molecular weight excluding hydrogens is 276 g/mol. The van der Waals surface area contributed by atoms with E-state index in [-0.39, 0.29) is 20.7 Å². The number of nitrogens with zero attached hydrogens (tertiary/aromatic N) is 1. The van der Waals surface area contributed by atoms with E-state index in [9.17, 15) is 19.2 Å². The van der Waals surface area contributed by atoms with Gasteiger partial charge in [-0.25, -0.2) is 14.2 Å². The number of carbonyl (C=O) groups is 2. The van der Waals surface area contributed by atoms with E-state index in [4.69, 9.17) is 10.2 Å². The second-order valence-electron chi connectivity index (χ2n) is 3.78. The number of rotatable bonds is 3. The summed E-state index contributed by atoms with van der Waals surface area (Å²) in [5.41, 5.74) is -1.46. The van der Waals surface area contributed by atoms with Crippen molar-refractivity contribution >= 4 is 33.5 Å². The lowest BCUT2D eigenvalue weighted by atomic mass is 10.2. The van der Waals surface area contributed by atoms with Gasteiger partial charge in [0.2, 0.25) is 0 Å². The summed E-state index contributed by atoms with van der Waals surface area (Å²) in [6, 6.07) is 0. The molecule has 3 N–H and O–H groups in total. The summed E-state index contributed by atoms with van der Waals surface area (Å²) in [6.07, 6.45) is 0. The van der Waals surface area contributed by atoms with Crippen LogP contribution >= 0.6 is 11.3 Å². The molecule has 9 heteroatoms. The van der Waals surface area contributed by atoms with Crippen LogP contribution in [0.3, 0.4) is 0 Å². The van der Waals surface area contributed by atoms with Crippen molar-refractivity contribution < 1.29 is 19.8 Å². The van der Waals surface area contributed by atoms with Crippen LogP contribution in [0.25, 0.3) is 10.2 Å². The number of thiophene rings is 1. The number of carboxylic acid groups (broad SMARTS) is 2. The third kappa shape index (κ3) is 2.03. The monoisotopic (exact) mass is 284 g/mol. The highest BCUT2D eigenvalue weighted by Crippen LogP contribution is 2.25. The fourth-order valence-corrected chi connectivity index (χ4v) is 2.76. The van der Waals surface area contributed by atoms with Crippen molar-refractivity contribution in [3.05, 3.63) is 31.3 Å². The van der Waals surface area contributed by atoms with Crippen molar-refractivity contribution in [3.63, 3.8) is 0 Å². The van der Waals surface area contributed by atoms with Crippen LogP contribution in [-0.4, -0.2) is 31.7 Å².